The van der Waals surface area contributed by atoms with Crippen molar-refractivity contribution in [2.75, 3.05) is 13.2 Å². The van der Waals surface area contributed by atoms with Crippen LogP contribution in [-0.4, -0.2) is 28.3 Å². The Labute approximate surface area is 95.7 Å². The second-order valence-electron chi connectivity index (χ2n) is 4.36. The highest BCUT2D eigenvalue weighted by Crippen LogP contribution is 2.24. The van der Waals surface area contributed by atoms with Crippen LogP contribution in [0.15, 0.2) is 6.20 Å². The summed E-state index contributed by atoms with van der Waals surface area (Å²) in [6.45, 7) is 5.21. The number of hydrogen-bond donors (Lipinski definition) is 1. The highest BCUT2D eigenvalue weighted by molar-refractivity contribution is 5.19. The van der Waals surface area contributed by atoms with Gasteiger partial charge in [0.1, 0.15) is 5.82 Å². The van der Waals surface area contributed by atoms with Gasteiger partial charge in [0, 0.05) is 30.0 Å². The van der Waals surface area contributed by atoms with Gasteiger partial charge in [0.15, 0.2) is 0 Å². The Kier molecular flexibility index (Phi) is 3.51. The summed E-state index contributed by atoms with van der Waals surface area (Å²) in [5, 5.41) is 9.50. The molecule has 0 aliphatic carbocycles. The van der Waals surface area contributed by atoms with Crippen LogP contribution in [0.4, 0.5) is 0 Å². The number of aliphatic hydroxyl groups excluding tert-OH is 1. The fourth-order valence-corrected chi connectivity index (χ4v) is 2.05. The van der Waals surface area contributed by atoms with Gasteiger partial charge in [-0.2, -0.15) is 0 Å². The zero-order valence-electron chi connectivity index (χ0n) is 9.81. The fourth-order valence-electron chi connectivity index (χ4n) is 2.05. The highest BCUT2D eigenvalue weighted by atomic mass is 16.5. The van der Waals surface area contributed by atoms with E-state index in [9.17, 15) is 5.11 Å². The van der Waals surface area contributed by atoms with Crippen LogP contribution in [0.1, 0.15) is 48.9 Å². The summed E-state index contributed by atoms with van der Waals surface area (Å²) in [5.41, 5.74) is 1.67. The van der Waals surface area contributed by atoms with Crippen molar-refractivity contribution in [3.05, 3.63) is 23.3 Å². The quantitative estimate of drug-likeness (QED) is 0.828. The van der Waals surface area contributed by atoms with Crippen molar-refractivity contribution < 1.29 is 9.84 Å². The third kappa shape index (κ3) is 2.39. The first kappa shape index (κ1) is 11.5. The third-order valence-corrected chi connectivity index (χ3v) is 3.01. The van der Waals surface area contributed by atoms with Gasteiger partial charge in [-0.1, -0.05) is 0 Å². The Morgan fingerprint density at radius 2 is 2.38 bits per heavy atom. The predicted octanol–water partition coefficient (Wildman–Crippen LogP) is 1.73. The van der Waals surface area contributed by atoms with Crippen LogP contribution >= 0.6 is 0 Å². The van der Waals surface area contributed by atoms with E-state index in [1.54, 1.807) is 13.1 Å². The molecule has 0 spiro atoms. The van der Waals surface area contributed by atoms with Gasteiger partial charge in [-0.05, 0) is 26.7 Å². The third-order valence-electron chi connectivity index (χ3n) is 3.01. The van der Waals surface area contributed by atoms with Crippen LogP contribution in [0, 0.1) is 6.92 Å². The van der Waals surface area contributed by atoms with E-state index in [0.29, 0.717) is 12.5 Å². The van der Waals surface area contributed by atoms with Crippen molar-refractivity contribution in [2.24, 2.45) is 0 Å². The molecule has 2 unspecified atom stereocenters. The molecule has 2 heterocycles. The van der Waals surface area contributed by atoms with Crippen LogP contribution in [0.5, 0.6) is 0 Å². The van der Waals surface area contributed by atoms with E-state index in [1.165, 1.54) is 0 Å². The maximum Gasteiger partial charge on any atom is 0.133 e. The van der Waals surface area contributed by atoms with E-state index in [-0.39, 0.29) is 0 Å². The summed E-state index contributed by atoms with van der Waals surface area (Å²) in [4.78, 5) is 8.80. The molecule has 0 radical (unpaired) electrons. The standard InChI is InChI=1S/C12H18N2O2/c1-8-11(9(2)15)6-13-12(14-8)10-4-3-5-16-7-10/h6,9-10,15H,3-5,7H2,1-2H3. The summed E-state index contributed by atoms with van der Waals surface area (Å²) in [6, 6.07) is 0. The van der Waals surface area contributed by atoms with Crippen molar-refractivity contribution in [2.45, 2.75) is 38.7 Å². The molecule has 0 bridgehead atoms. The van der Waals surface area contributed by atoms with E-state index in [4.69, 9.17) is 4.74 Å². The molecule has 2 rings (SSSR count). The minimum atomic E-state index is -0.503. The average Bonchev–Trinajstić information content (AvgIpc) is 2.29. The molecule has 1 fully saturated rings. The Bertz CT molecular complexity index is 360. The molecule has 88 valence electrons. The first-order chi connectivity index (χ1) is 7.68. The lowest BCUT2D eigenvalue weighted by atomic mass is 10.0. The molecule has 1 aromatic heterocycles. The highest BCUT2D eigenvalue weighted by Gasteiger charge is 2.19. The summed E-state index contributed by atoms with van der Waals surface area (Å²) in [6.07, 6.45) is 3.40. The van der Waals surface area contributed by atoms with Gasteiger partial charge in [-0.25, -0.2) is 9.97 Å². The number of nitrogens with zero attached hydrogens (tertiary/aromatic N) is 2. The van der Waals surface area contributed by atoms with Gasteiger partial charge in [0.05, 0.1) is 12.7 Å². The van der Waals surface area contributed by atoms with E-state index in [0.717, 1.165) is 36.5 Å². The zero-order valence-corrected chi connectivity index (χ0v) is 9.81. The van der Waals surface area contributed by atoms with Crippen molar-refractivity contribution in [3.63, 3.8) is 0 Å². The van der Waals surface area contributed by atoms with Crippen molar-refractivity contribution >= 4 is 0 Å². The summed E-state index contributed by atoms with van der Waals surface area (Å²) >= 11 is 0. The molecule has 16 heavy (non-hydrogen) atoms. The number of rotatable bonds is 2. The van der Waals surface area contributed by atoms with Crippen LogP contribution in [0.25, 0.3) is 0 Å². The van der Waals surface area contributed by atoms with E-state index >= 15 is 0 Å². The van der Waals surface area contributed by atoms with Gasteiger partial charge in [-0.3, -0.25) is 0 Å². The van der Waals surface area contributed by atoms with Crippen LogP contribution < -0.4 is 0 Å². The smallest absolute Gasteiger partial charge is 0.133 e. The number of aliphatic hydroxyl groups is 1. The predicted molar refractivity (Wildman–Crippen MR) is 60.2 cm³/mol. The molecule has 0 amide bonds. The molecular weight excluding hydrogens is 204 g/mol. The maximum absolute atomic E-state index is 9.50. The SMILES string of the molecule is Cc1nc(C2CCCOC2)ncc1C(C)O. The number of hydrogen-bond acceptors (Lipinski definition) is 4. The molecule has 0 aromatic carbocycles. The fraction of sp³-hybridized carbons (Fsp3) is 0.667. The van der Waals surface area contributed by atoms with Crippen molar-refractivity contribution in [1.29, 1.82) is 0 Å². The van der Waals surface area contributed by atoms with Crippen LogP contribution in [0.3, 0.4) is 0 Å². The Morgan fingerprint density at radius 3 is 2.94 bits per heavy atom. The summed E-state index contributed by atoms with van der Waals surface area (Å²) in [5.74, 6) is 1.16. The molecule has 1 aliphatic rings. The lowest BCUT2D eigenvalue weighted by Gasteiger charge is -2.21. The monoisotopic (exact) mass is 222 g/mol. The lowest BCUT2D eigenvalue weighted by Crippen LogP contribution is -2.18. The van der Waals surface area contributed by atoms with Crippen LogP contribution in [0.2, 0.25) is 0 Å². The van der Waals surface area contributed by atoms with Gasteiger partial charge in [0.2, 0.25) is 0 Å². The number of aryl methyl sites for hydroxylation is 1. The molecule has 1 aliphatic heterocycles. The van der Waals surface area contributed by atoms with Gasteiger partial charge in [-0.15, -0.1) is 0 Å². The normalized spacial score (nSPS) is 23.1. The van der Waals surface area contributed by atoms with Crippen molar-refractivity contribution in [1.82, 2.24) is 9.97 Å². The molecule has 4 nitrogen and oxygen atoms in total. The second kappa shape index (κ2) is 4.89. The molecule has 1 saturated heterocycles. The van der Waals surface area contributed by atoms with Gasteiger partial charge >= 0.3 is 0 Å². The molecule has 2 atom stereocenters. The number of aromatic nitrogens is 2. The Hall–Kier alpha value is -1.00. The lowest BCUT2D eigenvalue weighted by molar-refractivity contribution is 0.0779. The first-order valence-electron chi connectivity index (χ1n) is 5.77. The minimum Gasteiger partial charge on any atom is -0.389 e. The molecule has 1 aromatic rings. The first-order valence-corrected chi connectivity index (χ1v) is 5.77. The number of ether oxygens (including phenoxy) is 1. The molecular formula is C12H18N2O2. The average molecular weight is 222 g/mol. The Morgan fingerprint density at radius 1 is 1.56 bits per heavy atom. The minimum absolute atomic E-state index is 0.315. The topological polar surface area (TPSA) is 55.2 Å². The molecule has 4 heteroatoms. The van der Waals surface area contributed by atoms with Gasteiger partial charge < -0.3 is 9.84 Å². The zero-order chi connectivity index (χ0) is 11.5. The summed E-state index contributed by atoms with van der Waals surface area (Å²) in [7, 11) is 0. The Balaban J connectivity index is 2.19. The van der Waals surface area contributed by atoms with E-state index in [2.05, 4.69) is 9.97 Å². The molecule has 1 N–H and O–H groups in total. The maximum atomic E-state index is 9.50. The largest absolute Gasteiger partial charge is 0.389 e. The summed E-state index contributed by atoms with van der Waals surface area (Å²) < 4.78 is 5.42. The van der Waals surface area contributed by atoms with Crippen LogP contribution in [-0.2, 0) is 4.74 Å². The second-order valence-corrected chi connectivity index (χ2v) is 4.36. The van der Waals surface area contributed by atoms with Gasteiger partial charge in [0.25, 0.3) is 0 Å². The van der Waals surface area contributed by atoms with E-state index < -0.39 is 6.10 Å². The molecule has 0 saturated carbocycles. The van der Waals surface area contributed by atoms with Crippen molar-refractivity contribution in [3.8, 4) is 0 Å². The van der Waals surface area contributed by atoms with E-state index in [1.807, 2.05) is 6.92 Å².